The van der Waals surface area contributed by atoms with E-state index in [1.54, 1.807) is 24.3 Å². The quantitative estimate of drug-likeness (QED) is 0.852. The number of rotatable bonds is 6. The molecule has 22 heavy (non-hydrogen) atoms. The van der Waals surface area contributed by atoms with Crippen molar-refractivity contribution >= 4 is 17.4 Å². The zero-order chi connectivity index (χ0) is 15.9. The van der Waals surface area contributed by atoms with Crippen molar-refractivity contribution in [3.63, 3.8) is 0 Å². The highest BCUT2D eigenvalue weighted by molar-refractivity contribution is 6.02. The summed E-state index contributed by atoms with van der Waals surface area (Å²) in [5.74, 6) is -0.410. The van der Waals surface area contributed by atoms with Crippen LogP contribution in [-0.2, 0) is 0 Å². The fraction of sp³-hybridized carbons (Fsp3) is 0.267. The number of anilines is 2. The summed E-state index contributed by atoms with van der Waals surface area (Å²) in [4.78, 5) is 14.0. The van der Waals surface area contributed by atoms with E-state index in [1.165, 1.54) is 12.1 Å². The molecule has 116 valence electrons. The highest BCUT2D eigenvalue weighted by atomic mass is 19.1. The number of likely N-dealkylation sites (N-methyl/N-ethyl adjacent to an activating group) is 1. The van der Waals surface area contributed by atoms with Crippen LogP contribution in [0.2, 0.25) is 0 Å². The molecule has 2 rings (SSSR count). The van der Waals surface area contributed by atoms with Crippen molar-refractivity contribution in [3.05, 3.63) is 47.9 Å². The van der Waals surface area contributed by atoms with Gasteiger partial charge in [-0.25, -0.2) is 4.39 Å². The van der Waals surface area contributed by atoms with Crippen molar-refractivity contribution in [2.24, 2.45) is 0 Å². The van der Waals surface area contributed by atoms with Crippen LogP contribution in [-0.4, -0.2) is 48.2 Å². The summed E-state index contributed by atoms with van der Waals surface area (Å²) in [6.45, 7) is 1.58. The van der Waals surface area contributed by atoms with E-state index in [2.05, 4.69) is 20.8 Å². The van der Waals surface area contributed by atoms with Crippen LogP contribution in [0.1, 0.15) is 10.5 Å². The van der Waals surface area contributed by atoms with Gasteiger partial charge in [0.25, 0.3) is 5.91 Å². The Labute approximate surface area is 128 Å². The first-order valence-electron chi connectivity index (χ1n) is 6.84. The van der Waals surface area contributed by atoms with E-state index < -0.39 is 11.7 Å². The van der Waals surface area contributed by atoms with Crippen molar-refractivity contribution in [2.45, 2.75) is 0 Å². The van der Waals surface area contributed by atoms with Crippen molar-refractivity contribution in [1.82, 2.24) is 15.1 Å². The molecule has 0 spiro atoms. The first-order chi connectivity index (χ1) is 10.6. The second-order valence-corrected chi connectivity index (χ2v) is 4.97. The highest BCUT2D eigenvalue weighted by Crippen LogP contribution is 2.13. The number of carbonyl (C=O) groups excluding carboxylic acids is 1. The SMILES string of the molecule is CN(C)CCNc1ccc(C(=O)Nc2ccccc2F)nn1. The molecule has 0 aliphatic carbocycles. The summed E-state index contributed by atoms with van der Waals surface area (Å²) < 4.78 is 13.5. The molecule has 1 heterocycles. The van der Waals surface area contributed by atoms with Crippen molar-refractivity contribution in [2.75, 3.05) is 37.8 Å². The minimum atomic E-state index is -0.502. The molecule has 0 saturated carbocycles. The molecular formula is C15H18FN5O. The van der Waals surface area contributed by atoms with Gasteiger partial charge < -0.3 is 15.5 Å². The molecular weight excluding hydrogens is 285 g/mol. The van der Waals surface area contributed by atoms with Crippen LogP contribution >= 0.6 is 0 Å². The van der Waals surface area contributed by atoms with Crippen LogP contribution in [0, 0.1) is 5.82 Å². The van der Waals surface area contributed by atoms with Crippen LogP contribution in [0.3, 0.4) is 0 Å². The normalized spacial score (nSPS) is 10.5. The summed E-state index contributed by atoms with van der Waals surface area (Å²) in [5, 5.41) is 13.3. The molecule has 1 amide bonds. The maximum absolute atomic E-state index is 13.5. The zero-order valence-electron chi connectivity index (χ0n) is 12.5. The van der Waals surface area contributed by atoms with E-state index in [0.29, 0.717) is 5.82 Å². The molecule has 0 bridgehead atoms. The molecule has 0 atom stereocenters. The first kappa shape index (κ1) is 15.8. The lowest BCUT2D eigenvalue weighted by atomic mass is 10.3. The Balaban J connectivity index is 1.95. The number of hydrogen-bond donors (Lipinski definition) is 2. The highest BCUT2D eigenvalue weighted by Gasteiger charge is 2.10. The van der Waals surface area contributed by atoms with Crippen LogP contribution in [0.15, 0.2) is 36.4 Å². The molecule has 0 saturated heterocycles. The number of aromatic nitrogens is 2. The lowest BCUT2D eigenvalue weighted by Crippen LogP contribution is -2.21. The number of benzene rings is 1. The summed E-state index contributed by atoms with van der Waals surface area (Å²) in [7, 11) is 3.95. The lowest BCUT2D eigenvalue weighted by molar-refractivity contribution is 0.102. The summed E-state index contributed by atoms with van der Waals surface area (Å²) >= 11 is 0. The van der Waals surface area contributed by atoms with Crippen LogP contribution < -0.4 is 10.6 Å². The van der Waals surface area contributed by atoms with Crippen molar-refractivity contribution < 1.29 is 9.18 Å². The molecule has 1 aromatic heterocycles. The predicted octanol–water partition coefficient (Wildman–Crippen LogP) is 1.84. The van der Waals surface area contributed by atoms with Gasteiger partial charge in [-0.2, -0.15) is 0 Å². The monoisotopic (exact) mass is 303 g/mol. The zero-order valence-corrected chi connectivity index (χ0v) is 12.5. The van der Waals surface area contributed by atoms with Gasteiger partial charge in [-0.3, -0.25) is 4.79 Å². The molecule has 0 fully saturated rings. The van der Waals surface area contributed by atoms with Gasteiger partial charge in [-0.1, -0.05) is 12.1 Å². The smallest absolute Gasteiger partial charge is 0.276 e. The molecule has 2 N–H and O–H groups in total. The van der Waals surface area contributed by atoms with E-state index in [-0.39, 0.29) is 11.4 Å². The third kappa shape index (κ3) is 4.49. The molecule has 6 nitrogen and oxygen atoms in total. The molecule has 2 aromatic rings. The third-order valence-electron chi connectivity index (χ3n) is 2.88. The van der Waals surface area contributed by atoms with E-state index in [1.807, 2.05) is 19.0 Å². The summed E-state index contributed by atoms with van der Waals surface area (Å²) in [6, 6.07) is 9.16. The topological polar surface area (TPSA) is 70.2 Å². The lowest BCUT2D eigenvalue weighted by Gasteiger charge is -2.10. The van der Waals surface area contributed by atoms with Gasteiger partial charge in [0, 0.05) is 13.1 Å². The Morgan fingerprint density at radius 1 is 1.18 bits per heavy atom. The molecule has 0 aliphatic heterocycles. The average Bonchev–Trinajstić information content (AvgIpc) is 2.50. The number of hydrogen-bond acceptors (Lipinski definition) is 5. The Morgan fingerprint density at radius 2 is 1.95 bits per heavy atom. The Hall–Kier alpha value is -2.54. The van der Waals surface area contributed by atoms with Gasteiger partial charge >= 0.3 is 0 Å². The Bertz CT molecular complexity index is 630. The molecule has 0 aliphatic rings. The summed E-state index contributed by atoms with van der Waals surface area (Å²) in [6.07, 6.45) is 0. The van der Waals surface area contributed by atoms with Crippen LogP contribution in [0.25, 0.3) is 0 Å². The Morgan fingerprint density at radius 3 is 2.59 bits per heavy atom. The number of nitrogens with zero attached hydrogens (tertiary/aromatic N) is 3. The van der Waals surface area contributed by atoms with Gasteiger partial charge in [-0.15, -0.1) is 10.2 Å². The second kappa shape index (κ2) is 7.46. The van der Waals surface area contributed by atoms with E-state index >= 15 is 0 Å². The molecule has 0 radical (unpaired) electrons. The number of para-hydroxylation sites is 1. The average molecular weight is 303 g/mol. The molecule has 1 aromatic carbocycles. The van der Waals surface area contributed by atoms with E-state index in [9.17, 15) is 9.18 Å². The minimum Gasteiger partial charge on any atom is -0.367 e. The van der Waals surface area contributed by atoms with E-state index in [4.69, 9.17) is 0 Å². The van der Waals surface area contributed by atoms with Crippen molar-refractivity contribution in [1.29, 1.82) is 0 Å². The van der Waals surface area contributed by atoms with Gasteiger partial charge in [0.1, 0.15) is 11.6 Å². The predicted molar refractivity (Wildman–Crippen MR) is 83.4 cm³/mol. The van der Waals surface area contributed by atoms with Crippen LogP contribution in [0.5, 0.6) is 0 Å². The van der Waals surface area contributed by atoms with Gasteiger partial charge in [0.05, 0.1) is 5.69 Å². The maximum Gasteiger partial charge on any atom is 0.276 e. The van der Waals surface area contributed by atoms with Gasteiger partial charge in [-0.05, 0) is 38.4 Å². The van der Waals surface area contributed by atoms with Gasteiger partial charge in [0.2, 0.25) is 0 Å². The minimum absolute atomic E-state index is 0.113. The van der Waals surface area contributed by atoms with E-state index in [0.717, 1.165) is 13.1 Å². The second-order valence-electron chi connectivity index (χ2n) is 4.97. The first-order valence-corrected chi connectivity index (χ1v) is 6.84. The number of carbonyl (C=O) groups is 1. The maximum atomic E-state index is 13.5. The van der Waals surface area contributed by atoms with Gasteiger partial charge in [0.15, 0.2) is 5.69 Å². The number of amides is 1. The fourth-order valence-corrected chi connectivity index (χ4v) is 1.70. The van der Waals surface area contributed by atoms with Crippen LogP contribution in [0.4, 0.5) is 15.9 Å². The fourth-order valence-electron chi connectivity index (χ4n) is 1.70. The number of nitrogens with one attached hydrogen (secondary N) is 2. The Kier molecular flexibility index (Phi) is 5.37. The molecule has 7 heteroatoms. The third-order valence-corrected chi connectivity index (χ3v) is 2.88. The van der Waals surface area contributed by atoms with Crippen molar-refractivity contribution in [3.8, 4) is 0 Å². The standard InChI is InChI=1S/C15H18FN5O/c1-21(2)10-9-17-14-8-7-13(19-20-14)15(22)18-12-6-4-3-5-11(12)16/h3-8H,9-10H2,1-2H3,(H,17,20)(H,18,22). The molecule has 0 unspecified atom stereocenters. The number of halogens is 1. The largest absolute Gasteiger partial charge is 0.367 e. The summed E-state index contributed by atoms with van der Waals surface area (Å²) in [5.41, 5.74) is 0.240.